The second-order valence-corrected chi connectivity index (χ2v) is 16.3. The molecule has 0 saturated heterocycles. The van der Waals surface area contributed by atoms with Crippen LogP contribution in [0.3, 0.4) is 0 Å². The molecule has 0 nitrogen and oxygen atoms in total. The van der Waals surface area contributed by atoms with E-state index < -0.39 is 23.2 Å². The molecule has 47 heavy (non-hydrogen) atoms. The van der Waals surface area contributed by atoms with Crippen LogP contribution in [-0.2, 0) is 23.2 Å². The van der Waals surface area contributed by atoms with E-state index in [0.717, 1.165) is 0 Å². The third kappa shape index (κ3) is 6.64. The number of benzene rings is 6. The molecule has 0 N–H and O–H groups in total. The van der Waals surface area contributed by atoms with Crippen LogP contribution in [0.15, 0.2) is 133 Å². The molecular formula is C44H38Cl2Zr. The largest absolute Gasteiger partial charge is 1.00 e. The molecule has 2 atom stereocenters. The molecule has 0 radical (unpaired) electrons. The maximum atomic E-state index is 3.56. The Morgan fingerprint density at radius 1 is 0.489 bits per heavy atom. The summed E-state index contributed by atoms with van der Waals surface area (Å²) in [7, 11) is 0. The van der Waals surface area contributed by atoms with Gasteiger partial charge in [-0.3, -0.25) is 0 Å². The smallest absolute Gasteiger partial charge is 1.00 e. The van der Waals surface area contributed by atoms with Crippen molar-refractivity contribution in [3.05, 3.63) is 178 Å². The first-order valence-electron chi connectivity index (χ1n) is 15.9. The summed E-state index contributed by atoms with van der Waals surface area (Å²) in [5.74, 6) is 0. The van der Waals surface area contributed by atoms with Gasteiger partial charge in [0, 0.05) is 0 Å². The van der Waals surface area contributed by atoms with Gasteiger partial charge in [-0.25, -0.2) is 0 Å². The topological polar surface area (TPSA) is 0 Å². The van der Waals surface area contributed by atoms with Crippen molar-refractivity contribution in [2.24, 2.45) is 0 Å². The van der Waals surface area contributed by atoms with Crippen molar-refractivity contribution in [1.82, 2.24) is 0 Å². The van der Waals surface area contributed by atoms with Gasteiger partial charge >= 0.3 is 255 Å². The van der Waals surface area contributed by atoms with Crippen LogP contribution in [0.1, 0.15) is 65.6 Å². The van der Waals surface area contributed by atoms with Gasteiger partial charge in [0.05, 0.1) is 0 Å². The first kappa shape index (κ1) is 34.8. The first-order valence-corrected chi connectivity index (χ1v) is 18.7. The molecular weight excluding hydrogens is 691 g/mol. The third-order valence-corrected chi connectivity index (χ3v) is 13.8. The fraction of sp³-hybridized carbons (Fsp3) is 0.136. The third-order valence-electron chi connectivity index (χ3n) is 9.10. The normalized spacial score (nSPS) is 15.6. The number of allylic oxidation sites excluding steroid dienone is 3. The number of fused-ring (bicyclic) bond motifs is 4. The van der Waals surface area contributed by atoms with Gasteiger partial charge in [-0.15, -0.1) is 6.58 Å². The predicted octanol–water partition coefficient (Wildman–Crippen LogP) is 6.17. The molecule has 0 bridgehead atoms. The number of hydrogen-bond acceptors (Lipinski definition) is 0. The molecule has 6 aromatic rings. The van der Waals surface area contributed by atoms with Gasteiger partial charge < -0.3 is 24.8 Å². The molecule has 2 aliphatic rings. The standard InChI is InChI=1S/2C20H15.C4H8.2ClH.Zr/c2*1-14-10-11-19(20-9-5-4-8-18(14)20)17-12-15-6-2-3-7-16(15)13-17;1-4(2)3;;;/h2*2-13H,1H3;1H2,2-3H3;2*1H;/q;;;;;+2/p-2. The molecule has 232 valence electrons. The Balaban J connectivity index is 0.000000686. The minimum absolute atomic E-state index is 0. The van der Waals surface area contributed by atoms with Crippen molar-refractivity contribution in [2.75, 3.05) is 0 Å². The Labute approximate surface area is 303 Å². The zero-order chi connectivity index (χ0) is 31.1. The summed E-state index contributed by atoms with van der Waals surface area (Å²) in [6.07, 6.45) is 5.01. The minimum atomic E-state index is -1.12. The van der Waals surface area contributed by atoms with Gasteiger partial charge in [-0.05, 0) is 13.8 Å². The summed E-state index contributed by atoms with van der Waals surface area (Å²) < 4.78 is 0.967. The van der Waals surface area contributed by atoms with E-state index >= 15 is 0 Å². The molecule has 0 aromatic heterocycles. The predicted molar refractivity (Wildman–Crippen MR) is 192 cm³/mol. The van der Waals surface area contributed by atoms with E-state index in [2.05, 4.69) is 154 Å². The number of rotatable bonds is 4. The first-order chi connectivity index (χ1) is 21.9. The molecule has 3 heteroatoms. The van der Waals surface area contributed by atoms with Crippen molar-refractivity contribution in [3.63, 3.8) is 0 Å². The molecule has 0 fully saturated rings. The van der Waals surface area contributed by atoms with Crippen LogP contribution in [0.25, 0.3) is 44.8 Å². The van der Waals surface area contributed by atoms with Gasteiger partial charge in [0.2, 0.25) is 0 Å². The molecule has 0 heterocycles. The molecule has 6 aromatic carbocycles. The van der Waals surface area contributed by atoms with Crippen LogP contribution in [0.5, 0.6) is 0 Å². The molecule has 2 unspecified atom stereocenters. The van der Waals surface area contributed by atoms with Crippen molar-refractivity contribution >= 4 is 44.8 Å². The molecule has 8 rings (SSSR count). The second-order valence-electron chi connectivity index (χ2n) is 12.6. The summed E-state index contributed by atoms with van der Waals surface area (Å²) in [4.78, 5) is 0. The van der Waals surface area contributed by atoms with Gasteiger partial charge in [-0.2, -0.15) is 0 Å². The Morgan fingerprint density at radius 2 is 0.830 bits per heavy atom. The maximum Gasteiger partial charge on any atom is -1.00 e. The average molecular weight is 729 g/mol. The van der Waals surface area contributed by atoms with Crippen molar-refractivity contribution in [1.29, 1.82) is 0 Å². The average Bonchev–Trinajstić information content (AvgIpc) is 3.60. The zero-order valence-corrected chi connectivity index (χ0v) is 31.3. The fourth-order valence-corrected chi connectivity index (χ4v) is 12.1. The van der Waals surface area contributed by atoms with Crippen molar-refractivity contribution in [3.8, 4) is 0 Å². The van der Waals surface area contributed by atoms with E-state index in [1.807, 2.05) is 13.8 Å². The van der Waals surface area contributed by atoms with Gasteiger partial charge in [0.15, 0.2) is 0 Å². The van der Waals surface area contributed by atoms with Crippen LogP contribution < -0.4 is 24.8 Å². The monoisotopic (exact) mass is 726 g/mol. The quantitative estimate of drug-likeness (QED) is 0.191. The van der Waals surface area contributed by atoms with Crippen LogP contribution >= 0.6 is 0 Å². The Bertz CT molecular complexity index is 2020. The molecule has 0 aliphatic heterocycles. The van der Waals surface area contributed by atoms with E-state index in [0.29, 0.717) is 7.25 Å². The second kappa shape index (κ2) is 14.7. The fourth-order valence-electron chi connectivity index (χ4n) is 7.04. The van der Waals surface area contributed by atoms with E-state index in [4.69, 9.17) is 0 Å². The summed E-state index contributed by atoms with van der Waals surface area (Å²) >= 11 is -1.12. The number of halogens is 2. The Morgan fingerprint density at radius 3 is 1.23 bits per heavy atom. The van der Waals surface area contributed by atoms with E-state index in [-0.39, 0.29) is 24.8 Å². The SMILES string of the molecule is C=C(C)C.Cc1ccc(C2=Cc3ccccc3[CH]2[Zr+2][CH]2C(c3ccc(C)c4ccccc34)=Cc3ccccc32)c2ccccc12.[Cl-].[Cl-]. The van der Waals surface area contributed by atoms with Crippen molar-refractivity contribution < 1.29 is 48.0 Å². The molecule has 0 spiro atoms. The van der Waals surface area contributed by atoms with Crippen LogP contribution in [0.4, 0.5) is 0 Å². The van der Waals surface area contributed by atoms with Crippen LogP contribution in [0, 0.1) is 13.8 Å². The van der Waals surface area contributed by atoms with E-state index in [9.17, 15) is 0 Å². The van der Waals surface area contributed by atoms with Crippen LogP contribution in [-0.4, -0.2) is 0 Å². The summed E-state index contributed by atoms with van der Waals surface area (Å²) in [5.41, 5.74) is 15.6. The summed E-state index contributed by atoms with van der Waals surface area (Å²) in [6, 6.07) is 45.6. The molecule has 2 aliphatic carbocycles. The number of aryl methyl sites for hydroxylation is 2. The van der Waals surface area contributed by atoms with E-state index in [1.54, 1.807) is 0 Å². The molecule has 0 amide bonds. The van der Waals surface area contributed by atoms with Crippen LogP contribution in [0.2, 0.25) is 0 Å². The van der Waals surface area contributed by atoms with Gasteiger partial charge in [0.25, 0.3) is 0 Å². The van der Waals surface area contributed by atoms with Crippen molar-refractivity contribution in [2.45, 2.75) is 34.9 Å². The zero-order valence-electron chi connectivity index (χ0n) is 27.3. The van der Waals surface area contributed by atoms with Gasteiger partial charge in [-0.1, -0.05) is 5.57 Å². The van der Waals surface area contributed by atoms with Gasteiger partial charge in [0.1, 0.15) is 0 Å². The Hall–Kier alpha value is -3.48. The summed E-state index contributed by atoms with van der Waals surface area (Å²) in [6.45, 7) is 12.0. The summed E-state index contributed by atoms with van der Waals surface area (Å²) in [5, 5.41) is 5.49. The number of hydrogen-bond donors (Lipinski definition) is 0. The molecule has 0 saturated carbocycles. The Kier molecular flexibility index (Phi) is 10.9. The maximum absolute atomic E-state index is 3.56. The van der Waals surface area contributed by atoms with E-state index in [1.165, 1.54) is 82.8 Å². The minimum Gasteiger partial charge on any atom is -1.00 e.